The molecule has 0 radical (unpaired) electrons. The van der Waals surface area contributed by atoms with E-state index in [4.69, 9.17) is 4.18 Å². The van der Waals surface area contributed by atoms with Crippen LogP contribution in [0.1, 0.15) is 13.3 Å². The van der Waals surface area contributed by atoms with Crippen LogP contribution in [0.15, 0.2) is 30.3 Å². The van der Waals surface area contributed by atoms with E-state index in [2.05, 4.69) is 25.2 Å². The van der Waals surface area contributed by atoms with Gasteiger partial charge in [0.05, 0.1) is 19.9 Å². The maximum atomic E-state index is 11.3. The molecule has 0 saturated heterocycles. The molecular weight excluding hydrogens is 264 g/mol. The van der Waals surface area contributed by atoms with Gasteiger partial charge in [-0.25, -0.2) is 0 Å². The van der Waals surface area contributed by atoms with E-state index in [9.17, 15) is 8.42 Å². The molecule has 0 bridgehead atoms. The molecule has 1 aliphatic rings. The Bertz CT molecular complexity index is 539. The number of hydrogen-bond donors (Lipinski definition) is 0. The van der Waals surface area contributed by atoms with Gasteiger partial charge in [-0.05, 0) is 18.9 Å². The lowest BCUT2D eigenvalue weighted by Gasteiger charge is -2.25. The molecule has 1 aromatic carbocycles. The average Bonchev–Trinajstić information content (AvgIpc) is 2.89. The third kappa shape index (κ3) is 2.68. The van der Waals surface area contributed by atoms with Gasteiger partial charge in [0.1, 0.15) is 0 Å². The first kappa shape index (κ1) is 13.8. The monoisotopic (exact) mass is 284 g/mol. The molecule has 3 nitrogen and oxygen atoms in total. The fourth-order valence-electron chi connectivity index (χ4n) is 2.87. The van der Waals surface area contributed by atoms with Crippen LogP contribution in [0.3, 0.4) is 0 Å². The number of benzene rings is 1. The average molecular weight is 284 g/mol. The van der Waals surface area contributed by atoms with Gasteiger partial charge in [0, 0.05) is 0 Å². The Morgan fingerprint density at radius 2 is 1.83 bits per heavy atom. The summed E-state index contributed by atoms with van der Waals surface area (Å²) >= 11 is 0. The molecule has 0 N–H and O–H groups in total. The van der Waals surface area contributed by atoms with Crippen LogP contribution in [0.2, 0.25) is 18.6 Å². The van der Waals surface area contributed by atoms with Crippen molar-refractivity contribution in [2.75, 3.05) is 6.26 Å². The Balaban J connectivity index is 2.20. The van der Waals surface area contributed by atoms with Gasteiger partial charge >= 0.3 is 0 Å². The first-order chi connectivity index (χ1) is 8.15. The molecule has 2 atom stereocenters. The summed E-state index contributed by atoms with van der Waals surface area (Å²) in [5, 5.41) is 1.36. The minimum absolute atomic E-state index is 0.363. The van der Waals surface area contributed by atoms with Crippen LogP contribution in [0.4, 0.5) is 0 Å². The third-order valence-electron chi connectivity index (χ3n) is 3.92. The summed E-state index contributed by atoms with van der Waals surface area (Å²) in [5.74, 6) is 0. The van der Waals surface area contributed by atoms with Crippen molar-refractivity contribution in [2.45, 2.75) is 37.6 Å². The largest absolute Gasteiger partial charge is 0.264 e. The van der Waals surface area contributed by atoms with Crippen LogP contribution in [0, 0.1) is 0 Å². The summed E-state index contributed by atoms with van der Waals surface area (Å²) < 4.78 is 27.8. The third-order valence-corrected chi connectivity index (χ3v) is 8.98. The molecule has 1 aromatic rings. The molecule has 18 heavy (non-hydrogen) atoms. The Morgan fingerprint density at radius 3 is 2.33 bits per heavy atom. The van der Waals surface area contributed by atoms with E-state index in [1.54, 1.807) is 0 Å². The van der Waals surface area contributed by atoms with E-state index in [-0.39, 0.29) is 0 Å². The lowest BCUT2D eigenvalue weighted by molar-refractivity contribution is 0.210. The van der Waals surface area contributed by atoms with Gasteiger partial charge in [-0.2, -0.15) is 8.42 Å². The molecule has 0 unspecified atom stereocenters. The zero-order valence-corrected chi connectivity index (χ0v) is 13.1. The molecular formula is C13H20O3SSi. The van der Waals surface area contributed by atoms with Crippen LogP contribution < -0.4 is 5.19 Å². The zero-order valence-electron chi connectivity index (χ0n) is 11.3. The van der Waals surface area contributed by atoms with Gasteiger partial charge in [0.15, 0.2) is 0 Å². The van der Waals surface area contributed by atoms with Gasteiger partial charge in [-0.15, -0.1) is 0 Å². The second-order valence-electron chi connectivity index (χ2n) is 5.94. The first-order valence-electron chi connectivity index (χ1n) is 6.11. The van der Waals surface area contributed by atoms with Gasteiger partial charge in [0.25, 0.3) is 10.1 Å². The maximum absolute atomic E-state index is 11.3. The van der Waals surface area contributed by atoms with Crippen molar-refractivity contribution in [1.29, 1.82) is 0 Å². The van der Waals surface area contributed by atoms with Crippen LogP contribution in [-0.2, 0) is 14.3 Å². The topological polar surface area (TPSA) is 43.4 Å². The summed E-state index contributed by atoms with van der Waals surface area (Å²) in [7, 11) is -5.04. The number of rotatable bonds is 4. The van der Waals surface area contributed by atoms with Gasteiger partial charge in [-0.1, -0.05) is 48.6 Å². The van der Waals surface area contributed by atoms with Crippen molar-refractivity contribution in [2.24, 2.45) is 0 Å². The fraction of sp³-hybridized carbons (Fsp3) is 0.538. The molecule has 1 fully saturated rings. The molecule has 100 valence electrons. The molecule has 0 heterocycles. The maximum Gasteiger partial charge on any atom is 0.264 e. The van der Waals surface area contributed by atoms with E-state index in [0.717, 1.165) is 12.7 Å². The highest BCUT2D eigenvalue weighted by atomic mass is 32.2. The van der Waals surface area contributed by atoms with Crippen molar-refractivity contribution in [3.05, 3.63) is 30.3 Å². The van der Waals surface area contributed by atoms with E-state index in [1.807, 2.05) is 25.1 Å². The van der Waals surface area contributed by atoms with Crippen molar-refractivity contribution in [1.82, 2.24) is 0 Å². The van der Waals surface area contributed by atoms with Gasteiger partial charge < -0.3 is 0 Å². The molecule has 1 aliphatic carbocycles. The lowest BCUT2D eigenvalue weighted by atomic mass is 10.4. The Hall–Kier alpha value is -0.653. The van der Waals surface area contributed by atoms with Gasteiger partial charge in [0.2, 0.25) is 0 Å². The molecule has 0 spiro atoms. The van der Waals surface area contributed by atoms with E-state index in [0.29, 0.717) is 5.54 Å². The second-order valence-corrected chi connectivity index (χ2v) is 12.2. The summed E-state index contributed by atoms with van der Waals surface area (Å²) in [6, 6.07) is 10.4. The molecule has 0 aliphatic heterocycles. The van der Waals surface area contributed by atoms with Crippen LogP contribution in [-0.4, -0.2) is 28.3 Å². The molecule has 5 heteroatoms. The van der Waals surface area contributed by atoms with Crippen molar-refractivity contribution in [3.8, 4) is 0 Å². The first-order valence-corrected chi connectivity index (χ1v) is 11.0. The van der Waals surface area contributed by atoms with E-state index < -0.39 is 23.8 Å². The Morgan fingerprint density at radius 1 is 1.28 bits per heavy atom. The second kappa shape index (κ2) is 4.18. The van der Waals surface area contributed by atoms with Crippen molar-refractivity contribution in [3.63, 3.8) is 0 Å². The highest BCUT2D eigenvalue weighted by Gasteiger charge is 2.61. The standard InChI is InChI=1S/C13H20O3SSi/c1-13(16-17(2,14)15)10-12(13)18(3,4)11-8-6-5-7-9-11/h5-9,12H,10H2,1-4H3/t12-,13-/m1/s1. The molecule has 2 rings (SSSR count). The number of hydrogen-bond acceptors (Lipinski definition) is 3. The van der Waals surface area contributed by atoms with E-state index >= 15 is 0 Å². The Labute approximate surface area is 110 Å². The predicted octanol–water partition coefficient (Wildman–Crippen LogP) is 2.11. The van der Waals surface area contributed by atoms with E-state index in [1.165, 1.54) is 5.19 Å². The SMILES string of the molecule is C[C@@]1(OS(C)(=O)=O)C[C@H]1[Si](C)(C)c1ccccc1. The minimum atomic E-state index is -3.37. The highest BCUT2D eigenvalue weighted by Crippen LogP contribution is 2.58. The van der Waals surface area contributed by atoms with Crippen molar-refractivity contribution < 1.29 is 12.6 Å². The summed E-state index contributed by atoms with van der Waals surface area (Å²) in [6.45, 7) is 6.48. The smallest absolute Gasteiger partial charge is 0.264 e. The minimum Gasteiger partial charge on any atom is -0.264 e. The van der Waals surface area contributed by atoms with Crippen LogP contribution in [0.5, 0.6) is 0 Å². The summed E-state index contributed by atoms with van der Waals surface area (Å²) in [6.07, 6.45) is 1.97. The summed E-state index contributed by atoms with van der Waals surface area (Å²) in [5.41, 5.74) is -0.124. The predicted molar refractivity (Wildman–Crippen MR) is 76.3 cm³/mol. The molecule has 1 saturated carbocycles. The summed E-state index contributed by atoms with van der Waals surface area (Å²) in [4.78, 5) is 0. The lowest BCUT2D eigenvalue weighted by Crippen LogP contribution is -2.44. The zero-order chi connectivity index (χ0) is 13.6. The van der Waals surface area contributed by atoms with Crippen molar-refractivity contribution >= 4 is 23.4 Å². The van der Waals surface area contributed by atoms with Crippen LogP contribution in [0.25, 0.3) is 0 Å². The van der Waals surface area contributed by atoms with Gasteiger partial charge in [-0.3, -0.25) is 4.18 Å². The normalized spacial score (nSPS) is 28.1. The fourth-order valence-corrected chi connectivity index (χ4v) is 7.79. The van der Waals surface area contributed by atoms with Crippen LogP contribution >= 0.6 is 0 Å². The molecule has 0 aromatic heterocycles. The highest BCUT2D eigenvalue weighted by molar-refractivity contribution is 7.86. The Kier molecular flexibility index (Phi) is 3.20. The molecule has 0 amide bonds. The quantitative estimate of drug-likeness (QED) is 0.628.